The Morgan fingerprint density at radius 3 is 1.94 bits per heavy atom. The molecule has 4 nitrogen and oxygen atoms in total. The van der Waals surface area contributed by atoms with Crippen LogP contribution in [-0.4, -0.2) is 18.2 Å². The van der Waals surface area contributed by atoms with E-state index in [1.807, 2.05) is 0 Å². The van der Waals surface area contributed by atoms with Gasteiger partial charge in [-0.2, -0.15) is 26.3 Å². The summed E-state index contributed by atoms with van der Waals surface area (Å²) in [5.41, 5.74) is -3.20. The number of rotatable bonds is 6. The molecule has 0 amide bonds. The maximum absolute atomic E-state index is 13.3. The highest BCUT2D eigenvalue weighted by Gasteiger charge is 2.38. The highest BCUT2D eigenvalue weighted by molar-refractivity contribution is 5.95. The van der Waals surface area contributed by atoms with Crippen molar-refractivity contribution in [3.05, 3.63) is 53.1 Å². The van der Waals surface area contributed by atoms with Gasteiger partial charge in [0, 0.05) is 0 Å². The molecule has 0 saturated carbocycles. The second kappa shape index (κ2) is 9.07. The molecule has 0 N–H and O–H groups in total. The molecule has 10 heteroatoms. The first-order valence-corrected chi connectivity index (χ1v) is 9.17. The van der Waals surface area contributed by atoms with Crippen LogP contribution in [0, 0.1) is 0 Å². The molecule has 0 bridgehead atoms. The van der Waals surface area contributed by atoms with E-state index >= 15 is 0 Å². The second-order valence-corrected chi connectivity index (χ2v) is 7.06. The van der Waals surface area contributed by atoms with Crippen LogP contribution in [0.15, 0.2) is 36.4 Å². The van der Waals surface area contributed by atoms with Crippen LogP contribution in [0.2, 0.25) is 0 Å². The lowest BCUT2D eigenvalue weighted by Crippen LogP contribution is -2.18. The average molecular weight is 450 g/mol. The zero-order chi connectivity index (χ0) is 23.6. The van der Waals surface area contributed by atoms with E-state index in [1.54, 1.807) is 27.7 Å². The van der Waals surface area contributed by atoms with Crippen molar-refractivity contribution >= 4 is 5.97 Å². The van der Waals surface area contributed by atoms with Gasteiger partial charge in [-0.1, -0.05) is 6.07 Å². The van der Waals surface area contributed by atoms with Crippen molar-refractivity contribution in [1.82, 2.24) is 0 Å². The highest BCUT2D eigenvalue weighted by atomic mass is 19.4. The first kappa shape index (κ1) is 24.4. The van der Waals surface area contributed by atoms with Crippen LogP contribution in [0.1, 0.15) is 49.2 Å². The number of hydrogen-bond donors (Lipinski definition) is 0. The molecule has 170 valence electrons. The molecule has 0 aromatic heterocycles. The maximum atomic E-state index is 13.3. The molecule has 0 fully saturated rings. The summed E-state index contributed by atoms with van der Waals surface area (Å²) in [4.78, 5) is 12.7. The fourth-order valence-corrected chi connectivity index (χ4v) is 2.55. The van der Waals surface area contributed by atoms with Gasteiger partial charge in [0.15, 0.2) is 11.5 Å². The number of ether oxygens (including phenoxy) is 3. The Kier molecular flexibility index (Phi) is 7.13. The standard InChI is InChI=1S/C21H20F6O4/c1-11(2)29-16-7-5-6-14(18(16)30-12(3)4)19(28)31-17-10-13(20(22,23)24)8-9-15(17)21(25,26)27/h5-12H,1-4H3. The molecule has 0 aliphatic heterocycles. The number of esters is 1. The normalized spacial score (nSPS) is 12.3. The largest absolute Gasteiger partial charge is 0.487 e. The molecule has 2 aromatic carbocycles. The van der Waals surface area contributed by atoms with E-state index in [2.05, 4.69) is 0 Å². The lowest BCUT2D eigenvalue weighted by atomic mass is 10.1. The third-order valence-corrected chi connectivity index (χ3v) is 3.73. The van der Waals surface area contributed by atoms with Crippen LogP contribution in [0.3, 0.4) is 0 Å². The summed E-state index contributed by atoms with van der Waals surface area (Å²) in [5, 5.41) is 0. The zero-order valence-corrected chi connectivity index (χ0v) is 17.0. The van der Waals surface area contributed by atoms with Crippen molar-refractivity contribution in [2.24, 2.45) is 0 Å². The summed E-state index contributed by atoms with van der Waals surface area (Å²) in [6.45, 7) is 6.72. The van der Waals surface area contributed by atoms with Crippen LogP contribution in [0.25, 0.3) is 0 Å². The van der Waals surface area contributed by atoms with Crippen molar-refractivity contribution < 1.29 is 45.3 Å². The van der Waals surface area contributed by atoms with Gasteiger partial charge in [-0.15, -0.1) is 0 Å². The molecular weight excluding hydrogens is 430 g/mol. The predicted molar refractivity (Wildman–Crippen MR) is 99.4 cm³/mol. The first-order valence-electron chi connectivity index (χ1n) is 9.17. The van der Waals surface area contributed by atoms with E-state index in [-0.39, 0.29) is 41.4 Å². The summed E-state index contributed by atoms with van der Waals surface area (Å²) in [6, 6.07) is 4.71. The third-order valence-electron chi connectivity index (χ3n) is 3.73. The molecule has 31 heavy (non-hydrogen) atoms. The van der Waals surface area contributed by atoms with Crippen LogP contribution in [0.5, 0.6) is 17.2 Å². The SMILES string of the molecule is CC(C)Oc1cccc(C(=O)Oc2cc(C(F)(F)F)ccc2C(F)(F)F)c1OC(C)C. The Labute approximate surface area is 174 Å². The number of benzene rings is 2. The molecular formula is C21H20F6O4. The third kappa shape index (κ3) is 6.28. The van der Waals surface area contributed by atoms with Crippen molar-refractivity contribution in [3.8, 4) is 17.2 Å². The van der Waals surface area contributed by atoms with Crippen molar-refractivity contribution in [2.45, 2.75) is 52.3 Å². The highest BCUT2D eigenvalue weighted by Crippen LogP contribution is 2.41. The Balaban J connectivity index is 2.54. The minimum Gasteiger partial charge on any atom is -0.487 e. The smallest absolute Gasteiger partial charge is 0.419 e. The summed E-state index contributed by atoms with van der Waals surface area (Å²) < 4.78 is 94.7. The van der Waals surface area contributed by atoms with Gasteiger partial charge in [-0.25, -0.2) is 4.79 Å². The average Bonchev–Trinajstić information content (AvgIpc) is 2.60. The summed E-state index contributed by atoms with van der Waals surface area (Å²) in [7, 11) is 0. The van der Waals surface area contributed by atoms with Crippen LogP contribution < -0.4 is 14.2 Å². The van der Waals surface area contributed by atoms with Gasteiger partial charge < -0.3 is 14.2 Å². The van der Waals surface area contributed by atoms with E-state index in [9.17, 15) is 31.1 Å². The fourth-order valence-electron chi connectivity index (χ4n) is 2.55. The topological polar surface area (TPSA) is 44.8 Å². The van der Waals surface area contributed by atoms with E-state index in [1.165, 1.54) is 18.2 Å². The predicted octanol–water partition coefficient (Wildman–Crippen LogP) is 6.52. The summed E-state index contributed by atoms with van der Waals surface area (Å²) in [6.07, 6.45) is -10.7. The fraction of sp³-hybridized carbons (Fsp3) is 0.381. The molecule has 0 aliphatic rings. The maximum Gasteiger partial charge on any atom is 0.419 e. The lowest BCUT2D eigenvalue weighted by molar-refractivity contribution is -0.142. The molecule has 0 radical (unpaired) electrons. The van der Waals surface area contributed by atoms with E-state index < -0.39 is 41.3 Å². The van der Waals surface area contributed by atoms with Crippen molar-refractivity contribution in [3.63, 3.8) is 0 Å². The van der Waals surface area contributed by atoms with Gasteiger partial charge in [-0.05, 0) is 58.0 Å². The monoisotopic (exact) mass is 450 g/mol. The quantitative estimate of drug-likeness (QED) is 0.286. The Bertz CT molecular complexity index is 932. The molecule has 0 saturated heterocycles. The summed E-state index contributed by atoms with van der Waals surface area (Å²) >= 11 is 0. The Morgan fingerprint density at radius 1 is 0.806 bits per heavy atom. The molecule has 2 rings (SSSR count). The van der Waals surface area contributed by atoms with E-state index in [0.717, 1.165) is 0 Å². The van der Waals surface area contributed by atoms with Crippen LogP contribution in [0.4, 0.5) is 26.3 Å². The van der Waals surface area contributed by atoms with Crippen molar-refractivity contribution in [2.75, 3.05) is 0 Å². The van der Waals surface area contributed by atoms with Crippen LogP contribution >= 0.6 is 0 Å². The van der Waals surface area contributed by atoms with Gasteiger partial charge in [0.2, 0.25) is 0 Å². The second-order valence-electron chi connectivity index (χ2n) is 7.06. The summed E-state index contributed by atoms with van der Waals surface area (Å²) in [5.74, 6) is -2.54. The molecule has 0 heterocycles. The van der Waals surface area contributed by atoms with Crippen molar-refractivity contribution in [1.29, 1.82) is 0 Å². The number of halogens is 6. The number of hydrogen-bond acceptors (Lipinski definition) is 4. The van der Waals surface area contributed by atoms with Gasteiger partial charge in [-0.3, -0.25) is 0 Å². The van der Waals surface area contributed by atoms with Gasteiger partial charge in [0.1, 0.15) is 11.3 Å². The van der Waals surface area contributed by atoms with E-state index in [0.29, 0.717) is 0 Å². The molecule has 0 unspecified atom stereocenters. The van der Waals surface area contributed by atoms with Gasteiger partial charge in [0.05, 0.1) is 23.3 Å². The van der Waals surface area contributed by atoms with Crippen LogP contribution in [-0.2, 0) is 12.4 Å². The first-order chi connectivity index (χ1) is 14.2. The molecule has 0 aliphatic carbocycles. The number of para-hydroxylation sites is 1. The zero-order valence-electron chi connectivity index (χ0n) is 17.0. The number of carbonyl (C=O) groups is 1. The number of alkyl halides is 6. The molecule has 0 atom stereocenters. The molecule has 2 aromatic rings. The number of carbonyl (C=O) groups excluding carboxylic acids is 1. The van der Waals surface area contributed by atoms with Gasteiger partial charge >= 0.3 is 18.3 Å². The minimum atomic E-state index is -5.04. The minimum absolute atomic E-state index is 0.0864. The molecule has 0 spiro atoms. The Hall–Kier alpha value is -2.91. The Morgan fingerprint density at radius 2 is 1.42 bits per heavy atom. The van der Waals surface area contributed by atoms with E-state index in [4.69, 9.17) is 14.2 Å². The van der Waals surface area contributed by atoms with Gasteiger partial charge in [0.25, 0.3) is 0 Å². The lowest BCUT2D eigenvalue weighted by Gasteiger charge is -2.20.